The molecule has 0 spiro atoms. The number of nitrogens with zero attached hydrogens (tertiary/aromatic N) is 3. The number of benzene rings is 5. The summed E-state index contributed by atoms with van der Waals surface area (Å²) in [6, 6.07) is 46.3. The zero-order valence-corrected chi connectivity index (χ0v) is 36.1. The van der Waals surface area contributed by atoms with Crippen molar-refractivity contribution < 1.29 is 24.5 Å². The fraction of sp³-hybridized carbons (Fsp3) is 0.265. The number of pyridine rings is 1. The maximum Gasteiger partial charge on any atom is 0.120 e. The van der Waals surface area contributed by atoms with E-state index in [9.17, 15) is 0 Å². The average molecular weight is 916 g/mol. The van der Waals surface area contributed by atoms with Crippen LogP contribution in [0.1, 0.15) is 57.6 Å². The van der Waals surface area contributed by atoms with Gasteiger partial charge in [-0.1, -0.05) is 137 Å². The minimum absolute atomic E-state index is 0. The maximum absolute atomic E-state index is 6.34. The third-order valence-corrected chi connectivity index (χ3v) is 12.9. The summed E-state index contributed by atoms with van der Waals surface area (Å²) in [7, 11) is -1.35. The van der Waals surface area contributed by atoms with Crippen molar-refractivity contribution in [1.29, 1.82) is 0 Å². The van der Waals surface area contributed by atoms with E-state index in [1.807, 2.05) is 42.5 Å². The molecule has 1 saturated carbocycles. The fourth-order valence-electron chi connectivity index (χ4n) is 8.16. The van der Waals surface area contributed by atoms with Crippen molar-refractivity contribution in [3.8, 4) is 28.3 Å². The molecule has 4 nitrogen and oxygen atoms in total. The summed E-state index contributed by atoms with van der Waals surface area (Å²) >= 11 is 0. The Balaban J connectivity index is 0.000000178. The molecule has 1 aliphatic rings. The number of para-hydroxylation sites is 4. The Morgan fingerprint density at radius 2 is 1.53 bits per heavy atom. The largest absolute Gasteiger partial charge is 0.501 e. The third-order valence-electron chi connectivity index (χ3n) is 10.8. The maximum atomic E-state index is 6.34. The zero-order valence-electron chi connectivity index (χ0n) is 32.7. The molecule has 0 atom stereocenters. The predicted molar refractivity (Wildman–Crippen MR) is 228 cm³/mol. The number of hydrogen-bond donors (Lipinski definition) is 0. The molecule has 1 radical (unpaired) electrons. The molecule has 5 aromatic carbocycles. The Labute approximate surface area is 340 Å². The summed E-state index contributed by atoms with van der Waals surface area (Å²) in [5.74, 6) is 1.72. The number of furan rings is 1. The SMILES string of the molecule is CC(C)(C)c1ccccc1-n1c(-c2[c-]ccc3c2oc2ccccc23)nc2ccccc21.C[Si](C)(C)c1cnc(-c2[c-]cccc2)cc1CC1CCCC1.[Ir]. The summed E-state index contributed by atoms with van der Waals surface area (Å²) in [4.78, 5) is 9.83. The second-order valence-electron chi connectivity index (χ2n) is 16.8. The predicted octanol–water partition coefficient (Wildman–Crippen LogP) is 12.5. The third kappa shape index (κ3) is 7.91. The molecule has 0 saturated heterocycles. The summed E-state index contributed by atoms with van der Waals surface area (Å²) in [5, 5.41) is 3.73. The van der Waals surface area contributed by atoms with Crippen molar-refractivity contribution >= 4 is 46.2 Å². The van der Waals surface area contributed by atoms with E-state index in [0.717, 1.165) is 67.2 Å². The van der Waals surface area contributed by atoms with E-state index in [4.69, 9.17) is 14.4 Å². The number of imidazole rings is 1. The van der Waals surface area contributed by atoms with Gasteiger partial charge >= 0.3 is 0 Å². The van der Waals surface area contributed by atoms with Crippen molar-refractivity contribution in [3.05, 3.63) is 145 Å². The topological polar surface area (TPSA) is 43.9 Å². The molecule has 0 aliphatic heterocycles. The van der Waals surface area contributed by atoms with Gasteiger partial charge in [0.05, 0.1) is 30.5 Å². The van der Waals surface area contributed by atoms with Gasteiger partial charge in [0.2, 0.25) is 0 Å². The van der Waals surface area contributed by atoms with Gasteiger partial charge in [-0.05, 0) is 58.5 Å². The Morgan fingerprint density at radius 1 is 0.800 bits per heavy atom. The van der Waals surface area contributed by atoms with Gasteiger partial charge < -0.3 is 14.0 Å². The molecule has 3 aromatic heterocycles. The standard InChI is InChI=1S/C29H23N2O.C20H26NSi.Ir/c1-29(2,3)22-14-5-7-16-24(22)31-25-17-8-6-15-23(25)30-28(31)21-13-10-12-20-19-11-4-9-18-26(19)32-27(20)21;1-22(2,3)20-15-21-19(17-11-5-4-6-12-17)14-18(20)13-16-9-7-8-10-16;/h4-12,14-18H,1-3H3;4-6,11,14-16H,7-10,13H2,1-3H3;/q2*-1;. The second kappa shape index (κ2) is 15.9. The van der Waals surface area contributed by atoms with E-state index in [1.165, 1.54) is 37.7 Å². The minimum Gasteiger partial charge on any atom is -0.501 e. The molecule has 8 aromatic rings. The summed E-state index contributed by atoms with van der Waals surface area (Å²) in [6.45, 7) is 14.0. The molecule has 55 heavy (non-hydrogen) atoms. The smallest absolute Gasteiger partial charge is 0.120 e. The second-order valence-corrected chi connectivity index (χ2v) is 21.9. The van der Waals surface area contributed by atoms with Crippen molar-refractivity contribution in [2.24, 2.45) is 5.92 Å². The molecule has 0 unspecified atom stereocenters. The van der Waals surface area contributed by atoms with Crippen LogP contribution in [0.2, 0.25) is 19.6 Å². The average Bonchev–Trinajstić information content (AvgIpc) is 3.92. The minimum atomic E-state index is -1.35. The van der Waals surface area contributed by atoms with E-state index in [1.54, 1.807) is 10.8 Å². The molecule has 9 rings (SSSR count). The van der Waals surface area contributed by atoms with Gasteiger partial charge in [-0.25, -0.2) is 0 Å². The molecule has 281 valence electrons. The van der Waals surface area contributed by atoms with E-state index >= 15 is 0 Å². The van der Waals surface area contributed by atoms with Gasteiger partial charge in [0, 0.05) is 37.4 Å². The normalized spacial score (nSPS) is 13.6. The number of hydrogen-bond acceptors (Lipinski definition) is 3. The van der Waals surface area contributed by atoms with Crippen LogP contribution in [0.3, 0.4) is 0 Å². The van der Waals surface area contributed by atoms with Crippen molar-refractivity contribution in [1.82, 2.24) is 14.5 Å². The zero-order chi connectivity index (χ0) is 37.5. The van der Waals surface area contributed by atoms with Gasteiger partial charge in [0.25, 0.3) is 0 Å². The van der Waals surface area contributed by atoms with E-state index < -0.39 is 8.07 Å². The van der Waals surface area contributed by atoms with Crippen molar-refractivity contribution in [2.45, 2.75) is 77.9 Å². The quantitative estimate of drug-likeness (QED) is 0.123. The van der Waals surface area contributed by atoms with Crippen LogP contribution in [0.25, 0.3) is 61.3 Å². The van der Waals surface area contributed by atoms with Gasteiger partial charge in [0.15, 0.2) is 0 Å². The number of fused-ring (bicyclic) bond motifs is 4. The Kier molecular flexibility index (Phi) is 11.1. The molecule has 3 heterocycles. The molecule has 1 aliphatic carbocycles. The van der Waals surface area contributed by atoms with Crippen molar-refractivity contribution in [3.63, 3.8) is 0 Å². The number of rotatable bonds is 6. The Hall–Kier alpha value is -4.61. The van der Waals surface area contributed by atoms with Gasteiger partial charge in [-0.3, -0.25) is 4.98 Å². The molecule has 0 amide bonds. The molecule has 6 heteroatoms. The summed E-state index contributed by atoms with van der Waals surface area (Å²) < 4.78 is 8.60. The first-order chi connectivity index (χ1) is 26.1. The van der Waals surface area contributed by atoms with Crippen molar-refractivity contribution in [2.75, 3.05) is 0 Å². The van der Waals surface area contributed by atoms with Crippen LogP contribution in [0.4, 0.5) is 0 Å². The van der Waals surface area contributed by atoms with Crippen LogP contribution in [-0.2, 0) is 31.9 Å². The van der Waals surface area contributed by atoms with E-state index in [-0.39, 0.29) is 25.5 Å². The summed E-state index contributed by atoms with van der Waals surface area (Å²) in [6.07, 6.45) is 9.03. The molecular formula is C49H49IrN3OSi-2. The van der Waals surface area contributed by atoms with Gasteiger partial charge in [-0.2, -0.15) is 0 Å². The van der Waals surface area contributed by atoms with Crippen LogP contribution >= 0.6 is 0 Å². The Morgan fingerprint density at radius 3 is 2.29 bits per heavy atom. The molecule has 0 N–H and O–H groups in total. The first-order valence-corrected chi connectivity index (χ1v) is 22.9. The molecular weight excluding hydrogens is 867 g/mol. The number of aromatic nitrogens is 3. The van der Waals surface area contributed by atoms with E-state index in [0.29, 0.717) is 0 Å². The van der Waals surface area contributed by atoms with Crippen LogP contribution in [-0.4, -0.2) is 22.6 Å². The van der Waals surface area contributed by atoms with Crippen LogP contribution in [0, 0.1) is 18.1 Å². The van der Waals surface area contributed by atoms with Crippen LogP contribution in [0.5, 0.6) is 0 Å². The van der Waals surface area contributed by atoms with E-state index in [2.05, 4.69) is 136 Å². The Bertz CT molecular complexity index is 2570. The molecule has 0 bridgehead atoms. The van der Waals surface area contributed by atoms with Gasteiger partial charge in [0.1, 0.15) is 5.58 Å². The monoisotopic (exact) mass is 916 g/mol. The van der Waals surface area contributed by atoms with Gasteiger partial charge in [-0.15, -0.1) is 54.1 Å². The summed E-state index contributed by atoms with van der Waals surface area (Å²) in [5.41, 5.74) is 10.7. The molecule has 1 fully saturated rings. The first kappa shape index (κ1) is 38.7. The first-order valence-electron chi connectivity index (χ1n) is 19.4. The fourth-order valence-corrected chi connectivity index (χ4v) is 9.75. The van der Waals surface area contributed by atoms with Crippen LogP contribution < -0.4 is 5.19 Å². The van der Waals surface area contributed by atoms with Crippen LogP contribution in [0.15, 0.2) is 126 Å².